The molecule has 0 radical (unpaired) electrons. The number of ether oxygens (including phenoxy) is 3. The molecule has 1 amide bonds. The van der Waals surface area contributed by atoms with Gasteiger partial charge in [0.1, 0.15) is 12.4 Å². The van der Waals surface area contributed by atoms with E-state index in [4.69, 9.17) is 19.9 Å². The van der Waals surface area contributed by atoms with Gasteiger partial charge in [-0.2, -0.15) is 0 Å². The normalized spacial score (nSPS) is 20.8. The van der Waals surface area contributed by atoms with Crippen molar-refractivity contribution in [3.05, 3.63) is 48.0 Å². The third kappa shape index (κ3) is 3.75. The van der Waals surface area contributed by atoms with Crippen LogP contribution in [0, 0.1) is 5.92 Å². The first-order valence-corrected chi connectivity index (χ1v) is 8.85. The highest BCUT2D eigenvalue weighted by Crippen LogP contribution is 2.35. The standard InChI is InChI=1S/C20H22N2O4/c21-15-5-4-14(9-15)20(23)22-16-3-1-2-13(8-16)11-24-17-6-7-18-19(10-17)26-12-25-18/h1-3,6-8,10,14-15H,4-5,9,11-12,21H2,(H,22,23). The number of nitrogens with one attached hydrogen (secondary N) is 1. The van der Waals surface area contributed by atoms with Gasteiger partial charge in [0.15, 0.2) is 11.5 Å². The van der Waals surface area contributed by atoms with Crippen LogP contribution in [-0.2, 0) is 11.4 Å². The van der Waals surface area contributed by atoms with Crippen molar-refractivity contribution < 1.29 is 19.0 Å². The van der Waals surface area contributed by atoms with Gasteiger partial charge >= 0.3 is 0 Å². The van der Waals surface area contributed by atoms with Crippen LogP contribution in [0.5, 0.6) is 17.2 Å². The number of rotatable bonds is 5. The fraction of sp³-hybridized carbons (Fsp3) is 0.350. The zero-order valence-corrected chi connectivity index (χ0v) is 14.4. The maximum atomic E-state index is 12.3. The minimum Gasteiger partial charge on any atom is -0.489 e. The Kier molecular flexibility index (Phi) is 4.67. The van der Waals surface area contributed by atoms with Gasteiger partial charge in [0.05, 0.1) is 0 Å². The fourth-order valence-corrected chi connectivity index (χ4v) is 3.37. The minimum absolute atomic E-state index is 0.0125. The number of carbonyl (C=O) groups is 1. The summed E-state index contributed by atoms with van der Waals surface area (Å²) < 4.78 is 16.5. The van der Waals surface area contributed by atoms with Crippen molar-refractivity contribution in [2.24, 2.45) is 11.7 Å². The lowest BCUT2D eigenvalue weighted by Gasteiger charge is -2.12. The van der Waals surface area contributed by atoms with Gasteiger partial charge in [0.2, 0.25) is 12.7 Å². The molecule has 6 nitrogen and oxygen atoms in total. The SMILES string of the molecule is NC1CCC(C(=O)Nc2cccc(COc3ccc4c(c3)OCO4)c2)C1. The molecule has 26 heavy (non-hydrogen) atoms. The molecule has 1 saturated carbocycles. The summed E-state index contributed by atoms with van der Waals surface area (Å²) in [5.74, 6) is 2.20. The summed E-state index contributed by atoms with van der Waals surface area (Å²) in [7, 11) is 0. The summed E-state index contributed by atoms with van der Waals surface area (Å²) in [6.07, 6.45) is 2.54. The van der Waals surface area contributed by atoms with Crippen molar-refractivity contribution in [2.75, 3.05) is 12.1 Å². The molecule has 6 heteroatoms. The molecule has 2 atom stereocenters. The second-order valence-corrected chi connectivity index (χ2v) is 6.76. The van der Waals surface area contributed by atoms with E-state index in [-0.39, 0.29) is 24.7 Å². The van der Waals surface area contributed by atoms with Crippen molar-refractivity contribution in [3.63, 3.8) is 0 Å². The molecule has 1 heterocycles. The van der Waals surface area contributed by atoms with E-state index >= 15 is 0 Å². The molecule has 3 N–H and O–H groups in total. The molecule has 2 aliphatic rings. The van der Waals surface area contributed by atoms with Gasteiger partial charge in [-0.3, -0.25) is 4.79 Å². The number of benzene rings is 2. The Morgan fingerprint density at radius 1 is 1.15 bits per heavy atom. The monoisotopic (exact) mass is 354 g/mol. The number of hydrogen-bond acceptors (Lipinski definition) is 5. The lowest BCUT2D eigenvalue weighted by Crippen LogP contribution is -2.23. The molecule has 0 saturated heterocycles. The van der Waals surface area contributed by atoms with Crippen molar-refractivity contribution in [3.8, 4) is 17.2 Å². The number of hydrogen-bond donors (Lipinski definition) is 2. The zero-order valence-electron chi connectivity index (χ0n) is 14.4. The Labute approximate surface area is 152 Å². The number of nitrogens with two attached hydrogens (primary N) is 1. The van der Waals surface area contributed by atoms with Gasteiger partial charge in [-0.15, -0.1) is 0 Å². The van der Waals surface area contributed by atoms with Crippen LogP contribution in [0.3, 0.4) is 0 Å². The largest absolute Gasteiger partial charge is 0.489 e. The van der Waals surface area contributed by atoms with Crippen LogP contribution in [-0.4, -0.2) is 18.7 Å². The van der Waals surface area contributed by atoms with Gasteiger partial charge in [0, 0.05) is 23.7 Å². The number of amides is 1. The highest BCUT2D eigenvalue weighted by atomic mass is 16.7. The quantitative estimate of drug-likeness (QED) is 0.862. The smallest absolute Gasteiger partial charge is 0.231 e. The Morgan fingerprint density at radius 3 is 2.88 bits per heavy atom. The molecule has 1 fully saturated rings. The zero-order chi connectivity index (χ0) is 17.9. The first-order valence-electron chi connectivity index (χ1n) is 8.85. The lowest BCUT2D eigenvalue weighted by molar-refractivity contribution is -0.119. The summed E-state index contributed by atoms with van der Waals surface area (Å²) in [5, 5.41) is 2.99. The fourth-order valence-electron chi connectivity index (χ4n) is 3.37. The van der Waals surface area contributed by atoms with E-state index in [9.17, 15) is 4.79 Å². The Morgan fingerprint density at radius 2 is 2.04 bits per heavy atom. The molecule has 0 bridgehead atoms. The molecule has 2 aromatic carbocycles. The molecule has 136 valence electrons. The lowest BCUT2D eigenvalue weighted by atomic mass is 10.1. The average molecular weight is 354 g/mol. The van der Waals surface area contributed by atoms with Gasteiger partial charge in [0.25, 0.3) is 0 Å². The van der Waals surface area contributed by atoms with Crippen molar-refractivity contribution >= 4 is 11.6 Å². The van der Waals surface area contributed by atoms with Gasteiger partial charge in [-0.1, -0.05) is 12.1 Å². The van der Waals surface area contributed by atoms with Crippen molar-refractivity contribution in [1.29, 1.82) is 0 Å². The number of fused-ring (bicyclic) bond motifs is 1. The van der Waals surface area contributed by atoms with Crippen molar-refractivity contribution in [1.82, 2.24) is 0 Å². The first-order chi connectivity index (χ1) is 12.7. The van der Waals surface area contributed by atoms with E-state index in [0.717, 1.165) is 36.3 Å². The maximum absolute atomic E-state index is 12.3. The van der Waals surface area contributed by atoms with E-state index in [2.05, 4.69) is 5.32 Å². The van der Waals surface area contributed by atoms with Crippen molar-refractivity contribution in [2.45, 2.75) is 31.9 Å². The van der Waals surface area contributed by atoms with E-state index in [0.29, 0.717) is 18.1 Å². The van der Waals surface area contributed by atoms with Crippen LogP contribution in [0.4, 0.5) is 5.69 Å². The average Bonchev–Trinajstić information content (AvgIpc) is 3.28. The molecule has 1 aliphatic carbocycles. The van der Waals surface area contributed by atoms with E-state index in [1.807, 2.05) is 42.5 Å². The summed E-state index contributed by atoms with van der Waals surface area (Å²) in [5.41, 5.74) is 7.65. The third-order valence-electron chi connectivity index (χ3n) is 4.79. The summed E-state index contributed by atoms with van der Waals surface area (Å²) in [6.45, 7) is 0.643. The van der Waals surface area contributed by atoms with Crippen LogP contribution in [0.25, 0.3) is 0 Å². The number of carbonyl (C=O) groups excluding carboxylic acids is 1. The summed E-state index contributed by atoms with van der Waals surface area (Å²) in [4.78, 5) is 12.3. The maximum Gasteiger partial charge on any atom is 0.231 e. The van der Waals surface area contributed by atoms with Crippen LogP contribution < -0.4 is 25.3 Å². The summed E-state index contributed by atoms with van der Waals surface area (Å²) >= 11 is 0. The van der Waals surface area contributed by atoms with Gasteiger partial charge in [-0.05, 0) is 49.1 Å². The molecular weight excluding hydrogens is 332 g/mol. The molecular formula is C20H22N2O4. The highest BCUT2D eigenvalue weighted by Gasteiger charge is 2.27. The minimum atomic E-state index is 0.0125. The second-order valence-electron chi connectivity index (χ2n) is 6.76. The van der Waals surface area contributed by atoms with Crippen LogP contribution in [0.15, 0.2) is 42.5 Å². The second kappa shape index (κ2) is 7.25. The Bertz CT molecular complexity index is 808. The topological polar surface area (TPSA) is 82.8 Å². The molecule has 2 unspecified atom stereocenters. The highest BCUT2D eigenvalue weighted by molar-refractivity contribution is 5.92. The van der Waals surface area contributed by atoms with Crippen LogP contribution >= 0.6 is 0 Å². The molecule has 2 aromatic rings. The van der Waals surface area contributed by atoms with E-state index in [1.165, 1.54) is 0 Å². The Balaban J connectivity index is 1.36. The molecule has 0 aromatic heterocycles. The molecule has 1 aliphatic heterocycles. The summed E-state index contributed by atoms with van der Waals surface area (Å²) in [6, 6.07) is 13.3. The van der Waals surface area contributed by atoms with Gasteiger partial charge < -0.3 is 25.3 Å². The van der Waals surface area contributed by atoms with Gasteiger partial charge in [-0.25, -0.2) is 0 Å². The molecule has 0 spiro atoms. The Hall–Kier alpha value is -2.73. The van der Waals surface area contributed by atoms with E-state index in [1.54, 1.807) is 0 Å². The van der Waals surface area contributed by atoms with Crippen LogP contribution in [0.2, 0.25) is 0 Å². The predicted molar refractivity (Wildman–Crippen MR) is 97.3 cm³/mol. The van der Waals surface area contributed by atoms with E-state index < -0.39 is 0 Å². The number of anilines is 1. The molecule has 4 rings (SSSR count). The first kappa shape index (κ1) is 16.7. The predicted octanol–water partition coefficient (Wildman–Crippen LogP) is 3.06. The third-order valence-corrected chi connectivity index (χ3v) is 4.79. The van der Waals surface area contributed by atoms with Crippen LogP contribution in [0.1, 0.15) is 24.8 Å².